The summed E-state index contributed by atoms with van der Waals surface area (Å²) in [6.45, 7) is 0. The van der Waals surface area contributed by atoms with Gasteiger partial charge >= 0.3 is 11.9 Å². The van der Waals surface area contributed by atoms with Crippen LogP contribution in [-0.4, -0.2) is 27.1 Å². The predicted molar refractivity (Wildman–Crippen MR) is 91.1 cm³/mol. The van der Waals surface area contributed by atoms with Gasteiger partial charge in [-0.05, 0) is 24.3 Å². The van der Waals surface area contributed by atoms with Crippen LogP contribution in [0.15, 0.2) is 42.5 Å². The maximum absolute atomic E-state index is 11.8. The normalized spacial score (nSPS) is 10.8. The number of aromatic nitrogens is 1. The van der Waals surface area contributed by atoms with Crippen LogP contribution in [0.5, 0.6) is 0 Å². The molecule has 5 nitrogen and oxygen atoms in total. The van der Waals surface area contributed by atoms with E-state index in [1.54, 1.807) is 36.4 Å². The number of halogens is 2. The summed E-state index contributed by atoms with van der Waals surface area (Å²) >= 11 is 12.2. The first kappa shape index (κ1) is 16.2. The van der Waals surface area contributed by atoms with Gasteiger partial charge < -0.3 is 10.2 Å². The third-order valence-corrected chi connectivity index (χ3v) is 4.07. The van der Waals surface area contributed by atoms with Gasteiger partial charge in [0.05, 0.1) is 5.52 Å². The van der Waals surface area contributed by atoms with Crippen molar-refractivity contribution in [3.05, 3.63) is 63.8 Å². The van der Waals surface area contributed by atoms with Gasteiger partial charge in [0.25, 0.3) is 0 Å². The molecule has 120 valence electrons. The number of aromatic carboxylic acids is 2. The predicted octanol–water partition coefficient (Wildman–Crippen LogP) is 4.61. The Kier molecular flexibility index (Phi) is 4.13. The van der Waals surface area contributed by atoms with Crippen LogP contribution < -0.4 is 0 Å². The van der Waals surface area contributed by atoms with Crippen molar-refractivity contribution in [2.24, 2.45) is 0 Å². The minimum atomic E-state index is -1.43. The summed E-state index contributed by atoms with van der Waals surface area (Å²) in [6, 6.07) is 11.2. The molecule has 2 N–H and O–H groups in total. The molecule has 0 unspecified atom stereocenters. The summed E-state index contributed by atoms with van der Waals surface area (Å²) in [7, 11) is 0. The molecule has 3 rings (SSSR count). The van der Waals surface area contributed by atoms with Crippen molar-refractivity contribution in [2.45, 2.75) is 0 Å². The third-order valence-electron chi connectivity index (χ3n) is 3.51. The first-order valence-corrected chi connectivity index (χ1v) is 7.50. The van der Waals surface area contributed by atoms with Gasteiger partial charge in [-0.1, -0.05) is 41.4 Å². The highest BCUT2D eigenvalue weighted by Crippen LogP contribution is 2.38. The minimum Gasteiger partial charge on any atom is -0.478 e. The number of hydrogen-bond acceptors (Lipinski definition) is 3. The molecule has 1 heterocycles. The topological polar surface area (TPSA) is 87.5 Å². The van der Waals surface area contributed by atoms with Crippen LogP contribution in [-0.2, 0) is 0 Å². The van der Waals surface area contributed by atoms with Gasteiger partial charge in [0.15, 0.2) is 5.69 Å². The number of nitrogens with zero attached hydrogens (tertiary/aromatic N) is 1. The van der Waals surface area contributed by atoms with Crippen molar-refractivity contribution >= 4 is 46.0 Å². The average molecular weight is 362 g/mol. The summed E-state index contributed by atoms with van der Waals surface area (Å²) in [5.74, 6) is -2.84. The molecule has 3 aromatic rings. The van der Waals surface area contributed by atoms with Gasteiger partial charge in [-0.25, -0.2) is 14.6 Å². The average Bonchev–Trinajstić information content (AvgIpc) is 2.53. The van der Waals surface area contributed by atoms with E-state index in [4.69, 9.17) is 23.2 Å². The molecule has 24 heavy (non-hydrogen) atoms. The Morgan fingerprint density at radius 1 is 0.958 bits per heavy atom. The molecule has 0 saturated carbocycles. The number of carbonyl (C=O) groups is 2. The zero-order valence-corrected chi connectivity index (χ0v) is 13.5. The second-order valence-electron chi connectivity index (χ2n) is 4.96. The highest BCUT2D eigenvalue weighted by molar-refractivity contribution is 6.34. The number of benzene rings is 2. The Labute approximate surface area is 146 Å². The molecule has 0 amide bonds. The molecule has 0 bridgehead atoms. The van der Waals surface area contributed by atoms with E-state index >= 15 is 0 Å². The quantitative estimate of drug-likeness (QED) is 0.711. The molecular weight excluding hydrogens is 353 g/mol. The van der Waals surface area contributed by atoms with Crippen LogP contribution in [0, 0.1) is 0 Å². The van der Waals surface area contributed by atoms with E-state index in [0.717, 1.165) is 0 Å². The summed E-state index contributed by atoms with van der Waals surface area (Å²) < 4.78 is 0. The molecule has 0 aliphatic carbocycles. The SMILES string of the molecule is O=C(O)c1nc2ccc(Cl)cc2c(-c2ccccc2Cl)c1C(=O)O. The lowest BCUT2D eigenvalue weighted by atomic mass is 9.94. The smallest absolute Gasteiger partial charge is 0.355 e. The largest absolute Gasteiger partial charge is 0.478 e. The van der Waals surface area contributed by atoms with Crippen molar-refractivity contribution in [2.75, 3.05) is 0 Å². The Morgan fingerprint density at radius 3 is 2.29 bits per heavy atom. The lowest BCUT2D eigenvalue weighted by Gasteiger charge is -2.14. The van der Waals surface area contributed by atoms with Crippen LogP contribution >= 0.6 is 23.2 Å². The Balaban J connectivity index is 2.58. The number of rotatable bonds is 3. The highest BCUT2D eigenvalue weighted by Gasteiger charge is 2.26. The fourth-order valence-electron chi connectivity index (χ4n) is 2.54. The van der Waals surface area contributed by atoms with Gasteiger partial charge in [-0.15, -0.1) is 0 Å². The molecule has 0 aliphatic rings. The number of hydrogen-bond donors (Lipinski definition) is 2. The van der Waals surface area contributed by atoms with E-state index in [-0.39, 0.29) is 5.56 Å². The molecule has 0 spiro atoms. The molecule has 0 fully saturated rings. The van der Waals surface area contributed by atoms with E-state index in [2.05, 4.69) is 4.98 Å². The Hall–Kier alpha value is -2.63. The van der Waals surface area contributed by atoms with Crippen molar-refractivity contribution in [1.29, 1.82) is 0 Å². The third kappa shape index (κ3) is 2.68. The van der Waals surface area contributed by atoms with E-state index in [1.807, 2.05) is 0 Å². The molecule has 2 aromatic carbocycles. The summed E-state index contributed by atoms with van der Waals surface area (Å²) in [4.78, 5) is 27.3. The standard InChI is InChI=1S/C17H9Cl2NO4/c18-8-5-6-12-10(7-8)13(9-3-1-2-4-11(9)19)14(16(21)22)15(20-12)17(23)24/h1-7H,(H,21,22)(H,23,24). The van der Waals surface area contributed by atoms with Crippen LogP contribution in [0.1, 0.15) is 20.8 Å². The first-order chi connectivity index (χ1) is 11.4. The van der Waals surface area contributed by atoms with Crippen molar-refractivity contribution in [3.8, 4) is 11.1 Å². The van der Waals surface area contributed by atoms with Crippen molar-refractivity contribution in [1.82, 2.24) is 4.98 Å². The highest BCUT2D eigenvalue weighted by atomic mass is 35.5. The van der Waals surface area contributed by atoms with Gasteiger partial charge in [-0.2, -0.15) is 0 Å². The van der Waals surface area contributed by atoms with Gasteiger partial charge in [-0.3, -0.25) is 0 Å². The lowest BCUT2D eigenvalue weighted by Crippen LogP contribution is -2.13. The maximum Gasteiger partial charge on any atom is 0.355 e. The maximum atomic E-state index is 11.8. The van der Waals surface area contributed by atoms with E-state index < -0.39 is 23.2 Å². The molecule has 0 radical (unpaired) electrons. The van der Waals surface area contributed by atoms with Crippen LogP contribution in [0.2, 0.25) is 10.0 Å². The fraction of sp³-hybridized carbons (Fsp3) is 0. The summed E-state index contributed by atoms with van der Waals surface area (Å²) in [5, 5.41) is 20.1. The number of carboxylic acid groups (broad SMARTS) is 2. The van der Waals surface area contributed by atoms with Crippen LogP contribution in [0.3, 0.4) is 0 Å². The summed E-state index contributed by atoms with van der Waals surface area (Å²) in [5.41, 5.74) is -0.0824. The van der Waals surface area contributed by atoms with Gasteiger partial charge in [0.2, 0.25) is 0 Å². The Bertz CT molecular complexity index is 1000. The molecular formula is C17H9Cl2NO4. The molecule has 0 saturated heterocycles. The fourth-order valence-corrected chi connectivity index (χ4v) is 2.94. The Morgan fingerprint density at radius 2 is 1.67 bits per heavy atom. The second kappa shape index (κ2) is 6.11. The first-order valence-electron chi connectivity index (χ1n) is 6.75. The lowest BCUT2D eigenvalue weighted by molar-refractivity contribution is 0.0647. The molecule has 7 heteroatoms. The zero-order valence-electron chi connectivity index (χ0n) is 12.0. The summed E-state index contributed by atoms with van der Waals surface area (Å²) in [6.07, 6.45) is 0. The minimum absolute atomic E-state index is 0.179. The van der Waals surface area contributed by atoms with E-state index in [0.29, 0.717) is 26.5 Å². The number of pyridine rings is 1. The van der Waals surface area contributed by atoms with E-state index in [9.17, 15) is 19.8 Å². The van der Waals surface area contributed by atoms with Crippen molar-refractivity contribution < 1.29 is 19.8 Å². The second-order valence-corrected chi connectivity index (χ2v) is 5.81. The number of fused-ring (bicyclic) bond motifs is 1. The molecule has 1 aromatic heterocycles. The van der Waals surface area contributed by atoms with Gasteiger partial charge in [0.1, 0.15) is 5.56 Å². The van der Waals surface area contributed by atoms with Crippen molar-refractivity contribution in [3.63, 3.8) is 0 Å². The monoisotopic (exact) mass is 361 g/mol. The van der Waals surface area contributed by atoms with Gasteiger partial charge in [0, 0.05) is 26.6 Å². The zero-order chi connectivity index (χ0) is 17.4. The molecule has 0 aliphatic heterocycles. The molecule has 0 atom stereocenters. The van der Waals surface area contributed by atoms with E-state index in [1.165, 1.54) is 6.07 Å². The van der Waals surface area contributed by atoms with Crippen LogP contribution in [0.25, 0.3) is 22.0 Å². The van der Waals surface area contributed by atoms with Crippen LogP contribution in [0.4, 0.5) is 0 Å². The number of carboxylic acids is 2.